The summed E-state index contributed by atoms with van der Waals surface area (Å²) in [7, 11) is 0. The topological polar surface area (TPSA) is 50.8 Å². The van der Waals surface area contributed by atoms with Crippen molar-refractivity contribution in [1.82, 2.24) is 10.2 Å². The Bertz CT molecular complexity index is 264. The SMILES string of the molecule is CCCCOC(=O)N1CCC2(CNCCO2)C1. The van der Waals surface area contributed by atoms with Crippen LogP contribution >= 0.6 is 0 Å². The van der Waals surface area contributed by atoms with Crippen LogP contribution < -0.4 is 5.32 Å². The molecule has 0 radical (unpaired) electrons. The van der Waals surface area contributed by atoms with E-state index in [4.69, 9.17) is 9.47 Å². The van der Waals surface area contributed by atoms with Crippen LogP contribution in [0.25, 0.3) is 0 Å². The first-order valence-corrected chi connectivity index (χ1v) is 6.52. The monoisotopic (exact) mass is 242 g/mol. The molecule has 2 heterocycles. The number of amides is 1. The van der Waals surface area contributed by atoms with E-state index in [0.29, 0.717) is 13.2 Å². The quantitative estimate of drug-likeness (QED) is 0.750. The highest BCUT2D eigenvalue weighted by Gasteiger charge is 2.42. The average molecular weight is 242 g/mol. The molecule has 0 saturated carbocycles. The van der Waals surface area contributed by atoms with Crippen molar-refractivity contribution in [3.63, 3.8) is 0 Å². The minimum Gasteiger partial charge on any atom is -0.449 e. The number of nitrogens with one attached hydrogen (secondary N) is 1. The number of hydrogen-bond donors (Lipinski definition) is 1. The Kier molecular flexibility index (Phi) is 4.23. The molecule has 2 saturated heterocycles. The van der Waals surface area contributed by atoms with Gasteiger partial charge < -0.3 is 19.7 Å². The zero-order valence-corrected chi connectivity index (χ0v) is 10.5. The highest BCUT2D eigenvalue weighted by Crippen LogP contribution is 2.26. The lowest BCUT2D eigenvalue weighted by atomic mass is 10.0. The van der Waals surface area contributed by atoms with Crippen LogP contribution in [0.4, 0.5) is 4.79 Å². The second-order valence-corrected chi connectivity index (χ2v) is 4.85. The molecule has 0 aromatic heterocycles. The fourth-order valence-corrected chi connectivity index (χ4v) is 2.36. The van der Waals surface area contributed by atoms with Gasteiger partial charge in [-0.2, -0.15) is 0 Å². The summed E-state index contributed by atoms with van der Waals surface area (Å²) < 4.78 is 11.0. The number of morpholine rings is 1. The molecular weight excluding hydrogens is 220 g/mol. The number of carbonyl (C=O) groups excluding carboxylic acids is 1. The van der Waals surface area contributed by atoms with Gasteiger partial charge in [-0.25, -0.2) is 4.79 Å². The summed E-state index contributed by atoms with van der Waals surface area (Å²) in [6.45, 7) is 6.49. The summed E-state index contributed by atoms with van der Waals surface area (Å²) in [5.74, 6) is 0. The minimum absolute atomic E-state index is 0.165. The molecule has 0 aromatic carbocycles. The van der Waals surface area contributed by atoms with E-state index in [1.165, 1.54) is 0 Å². The van der Waals surface area contributed by atoms with E-state index in [1.54, 1.807) is 4.90 Å². The maximum Gasteiger partial charge on any atom is 0.409 e. The predicted octanol–water partition coefficient (Wildman–Crippen LogP) is 0.987. The van der Waals surface area contributed by atoms with Crippen molar-refractivity contribution in [2.24, 2.45) is 0 Å². The van der Waals surface area contributed by atoms with Crippen molar-refractivity contribution < 1.29 is 14.3 Å². The first-order chi connectivity index (χ1) is 8.26. The van der Waals surface area contributed by atoms with Crippen LogP contribution in [0.3, 0.4) is 0 Å². The molecule has 2 fully saturated rings. The molecule has 2 rings (SSSR count). The highest BCUT2D eigenvalue weighted by atomic mass is 16.6. The molecule has 0 aromatic rings. The lowest BCUT2D eigenvalue weighted by Crippen LogP contribution is -2.51. The predicted molar refractivity (Wildman–Crippen MR) is 64.0 cm³/mol. The molecule has 1 amide bonds. The molecule has 5 heteroatoms. The van der Waals surface area contributed by atoms with Gasteiger partial charge in [0, 0.05) is 19.6 Å². The molecule has 2 aliphatic rings. The van der Waals surface area contributed by atoms with Gasteiger partial charge in [0.15, 0.2) is 0 Å². The third-order valence-corrected chi connectivity index (χ3v) is 3.43. The lowest BCUT2D eigenvalue weighted by Gasteiger charge is -2.33. The molecule has 0 bridgehead atoms. The molecule has 1 atom stereocenters. The van der Waals surface area contributed by atoms with E-state index in [9.17, 15) is 4.79 Å². The van der Waals surface area contributed by atoms with Gasteiger partial charge in [0.05, 0.1) is 25.4 Å². The van der Waals surface area contributed by atoms with Gasteiger partial charge in [0.2, 0.25) is 0 Å². The largest absolute Gasteiger partial charge is 0.449 e. The molecule has 1 unspecified atom stereocenters. The maximum absolute atomic E-state index is 11.8. The summed E-state index contributed by atoms with van der Waals surface area (Å²) in [6, 6.07) is 0. The second kappa shape index (κ2) is 5.69. The molecular formula is C12H22N2O3. The third-order valence-electron chi connectivity index (χ3n) is 3.43. The van der Waals surface area contributed by atoms with E-state index in [1.807, 2.05) is 0 Å². The number of likely N-dealkylation sites (tertiary alicyclic amines) is 1. The van der Waals surface area contributed by atoms with Gasteiger partial charge in [0.25, 0.3) is 0 Å². The summed E-state index contributed by atoms with van der Waals surface area (Å²) in [5.41, 5.74) is -0.165. The van der Waals surface area contributed by atoms with E-state index in [2.05, 4.69) is 12.2 Å². The number of ether oxygens (including phenoxy) is 2. The van der Waals surface area contributed by atoms with Crippen molar-refractivity contribution in [1.29, 1.82) is 0 Å². The zero-order chi connectivity index (χ0) is 12.1. The fourth-order valence-electron chi connectivity index (χ4n) is 2.36. The lowest BCUT2D eigenvalue weighted by molar-refractivity contribution is -0.0567. The Morgan fingerprint density at radius 2 is 2.47 bits per heavy atom. The van der Waals surface area contributed by atoms with Crippen molar-refractivity contribution in [2.75, 3.05) is 39.4 Å². The minimum atomic E-state index is -0.190. The van der Waals surface area contributed by atoms with E-state index in [0.717, 1.165) is 45.5 Å². The molecule has 1 N–H and O–H groups in total. The Balaban J connectivity index is 1.78. The molecule has 98 valence electrons. The van der Waals surface area contributed by atoms with Gasteiger partial charge in [-0.3, -0.25) is 0 Å². The van der Waals surface area contributed by atoms with Crippen LogP contribution in [-0.4, -0.2) is 56.0 Å². The van der Waals surface area contributed by atoms with Crippen molar-refractivity contribution in [2.45, 2.75) is 31.8 Å². The first-order valence-electron chi connectivity index (χ1n) is 6.52. The number of carbonyl (C=O) groups is 1. The van der Waals surface area contributed by atoms with E-state index in [-0.39, 0.29) is 11.7 Å². The van der Waals surface area contributed by atoms with Crippen molar-refractivity contribution in [3.8, 4) is 0 Å². The number of rotatable bonds is 3. The third kappa shape index (κ3) is 3.10. The summed E-state index contributed by atoms with van der Waals surface area (Å²) >= 11 is 0. The second-order valence-electron chi connectivity index (χ2n) is 4.85. The van der Waals surface area contributed by atoms with Crippen LogP contribution in [0.1, 0.15) is 26.2 Å². The number of hydrogen-bond acceptors (Lipinski definition) is 4. The standard InChI is InChI=1S/C12H22N2O3/c1-2-3-7-16-11(15)14-6-4-12(10-14)9-13-5-8-17-12/h13H,2-10H2,1H3. The number of unbranched alkanes of at least 4 members (excludes halogenated alkanes) is 1. The Morgan fingerprint density at radius 1 is 1.59 bits per heavy atom. The van der Waals surface area contributed by atoms with Crippen LogP contribution in [0.5, 0.6) is 0 Å². The van der Waals surface area contributed by atoms with Gasteiger partial charge in [0.1, 0.15) is 0 Å². The van der Waals surface area contributed by atoms with Gasteiger partial charge in [-0.15, -0.1) is 0 Å². The average Bonchev–Trinajstić information content (AvgIpc) is 2.74. The molecule has 5 nitrogen and oxygen atoms in total. The van der Waals surface area contributed by atoms with E-state index >= 15 is 0 Å². The normalized spacial score (nSPS) is 28.6. The maximum atomic E-state index is 11.8. The fraction of sp³-hybridized carbons (Fsp3) is 0.917. The van der Waals surface area contributed by atoms with Crippen LogP contribution in [0.2, 0.25) is 0 Å². The smallest absolute Gasteiger partial charge is 0.409 e. The molecule has 0 aliphatic carbocycles. The van der Waals surface area contributed by atoms with Gasteiger partial charge >= 0.3 is 6.09 Å². The summed E-state index contributed by atoms with van der Waals surface area (Å²) in [5, 5.41) is 3.33. The zero-order valence-electron chi connectivity index (χ0n) is 10.5. The Labute approximate surface area is 102 Å². The first kappa shape index (κ1) is 12.6. The molecule has 1 spiro atoms. The highest BCUT2D eigenvalue weighted by molar-refractivity contribution is 5.68. The van der Waals surface area contributed by atoms with Crippen LogP contribution in [0, 0.1) is 0 Å². The Hall–Kier alpha value is -0.810. The van der Waals surface area contributed by atoms with Crippen molar-refractivity contribution in [3.05, 3.63) is 0 Å². The van der Waals surface area contributed by atoms with Crippen LogP contribution in [0.15, 0.2) is 0 Å². The molecule has 17 heavy (non-hydrogen) atoms. The summed E-state index contributed by atoms with van der Waals surface area (Å²) in [6.07, 6.45) is 2.69. The molecule has 2 aliphatic heterocycles. The van der Waals surface area contributed by atoms with Crippen LogP contribution in [-0.2, 0) is 9.47 Å². The van der Waals surface area contributed by atoms with Crippen molar-refractivity contribution >= 4 is 6.09 Å². The number of nitrogens with zero attached hydrogens (tertiary/aromatic N) is 1. The van der Waals surface area contributed by atoms with Gasteiger partial charge in [-0.05, 0) is 12.8 Å². The van der Waals surface area contributed by atoms with E-state index < -0.39 is 0 Å². The van der Waals surface area contributed by atoms with Gasteiger partial charge in [-0.1, -0.05) is 13.3 Å². The summed E-state index contributed by atoms with van der Waals surface area (Å²) in [4.78, 5) is 13.5. The Morgan fingerprint density at radius 3 is 3.18 bits per heavy atom.